The molecule has 2 heterocycles. The Bertz CT molecular complexity index is 1160. The summed E-state index contributed by atoms with van der Waals surface area (Å²) in [5.74, 6) is 1.50. The van der Waals surface area contributed by atoms with Gasteiger partial charge in [-0.25, -0.2) is 13.1 Å². The third-order valence-corrected chi connectivity index (χ3v) is 8.73. The van der Waals surface area contributed by atoms with Crippen molar-refractivity contribution in [3.63, 3.8) is 0 Å². The zero-order valence-corrected chi connectivity index (χ0v) is 20.0. The van der Waals surface area contributed by atoms with E-state index in [-0.39, 0.29) is 0 Å². The van der Waals surface area contributed by atoms with Gasteiger partial charge in [-0.2, -0.15) is 0 Å². The first-order chi connectivity index (χ1) is 15.5. The molecule has 1 N–H and O–H groups in total. The predicted octanol–water partition coefficient (Wildman–Crippen LogP) is 4.16. The number of hydrogen-bond acceptors (Lipinski definition) is 6. The number of rotatable bonds is 9. The van der Waals surface area contributed by atoms with E-state index in [9.17, 15) is 8.42 Å². The van der Waals surface area contributed by atoms with Crippen LogP contribution in [0, 0.1) is 0 Å². The van der Waals surface area contributed by atoms with E-state index in [2.05, 4.69) is 15.7 Å². The molecule has 0 unspecified atom stereocenters. The summed E-state index contributed by atoms with van der Waals surface area (Å²) in [4.78, 5) is 3.30. The first kappa shape index (κ1) is 22.8. The lowest BCUT2D eigenvalue weighted by Crippen LogP contribution is -2.33. The van der Waals surface area contributed by atoms with Crippen molar-refractivity contribution in [1.29, 1.82) is 0 Å². The minimum Gasteiger partial charge on any atom is -0.493 e. The minimum atomic E-state index is -3.50. The summed E-state index contributed by atoms with van der Waals surface area (Å²) in [5, 5.41) is 0. The molecule has 0 amide bonds. The highest BCUT2D eigenvalue weighted by Gasteiger charge is 2.20. The van der Waals surface area contributed by atoms with Gasteiger partial charge in [-0.05, 0) is 60.3 Å². The fraction of sp³-hybridized carbons (Fsp3) is 0.333. The highest BCUT2D eigenvalue weighted by molar-refractivity contribution is 7.91. The van der Waals surface area contributed by atoms with Crippen molar-refractivity contribution in [1.82, 2.24) is 9.62 Å². The van der Waals surface area contributed by atoms with E-state index in [1.807, 2.05) is 42.5 Å². The van der Waals surface area contributed by atoms with Gasteiger partial charge in [0.15, 0.2) is 11.5 Å². The molecule has 0 spiro atoms. The van der Waals surface area contributed by atoms with Crippen molar-refractivity contribution in [2.24, 2.45) is 0 Å². The van der Waals surface area contributed by atoms with E-state index in [0.29, 0.717) is 10.8 Å². The van der Waals surface area contributed by atoms with E-state index in [1.165, 1.54) is 22.5 Å². The Labute approximate surface area is 193 Å². The highest BCUT2D eigenvalue weighted by Crippen LogP contribution is 2.33. The maximum absolute atomic E-state index is 12.7. The van der Waals surface area contributed by atoms with E-state index in [4.69, 9.17) is 9.47 Å². The SMILES string of the molecule is COc1cc2c(cc1OC)CN(CCCNS(=O)(=O)c1ccc(-c3ccccc3)s1)CC2. The van der Waals surface area contributed by atoms with Gasteiger partial charge in [0, 0.05) is 24.5 Å². The van der Waals surface area contributed by atoms with Crippen LogP contribution in [0.1, 0.15) is 17.5 Å². The van der Waals surface area contributed by atoms with Gasteiger partial charge in [0.2, 0.25) is 10.0 Å². The quantitative estimate of drug-likeness (QED) is 0.474. The molecule has 170 valence electrons. The highest BCUT2D eigenvalue weighted by atomic mass is 32.2. The van der Waals surface area contributed by atoms with Crippen molar-refractivity contribution in [2.75, 3.05) is 33.9 Å². The molecular formula is C24H28N2O4S2. The Morgan fingerprint density at radius 1 is 1.00 bits per heavy atom. The number of methoxy groups -OCH3 is 2. The molecule has 32 heavy (non-hydrogen) atoms. The minimum absolute atomic E-state index is 0.351. The summed E-state index contributed by atoms with van der Waals surface area (Å²) in [5.41, 5.74) is 3.55. The van der Waals surface area contributed by atoms with Crippen LogP contribution in [0.4, 0.5) is 0 Å². The summed E-state index contributed by atoms with van der Waals surface area (Å²) in [6.07, 6.45) is 1.69. The van der Waals surface area contributed by atoms with E-state index in [1.54, 1.807) is 20.3 Å². The van der Waals surface area contributed by atoms with Gasteiger partial charge >= 0.3 is 0 Å². The number of thiophene rings is 1. The fourth-order valence-corrected chi connectivity index (χ4v) is 6.37. The molecule has 0 aliphatic carbocycles. The fourth-order valence-electron chi connectivity index (χ4n) is 3.93. The normalized spacial score (nSPS) is 14.2. The molecule has 1 aromatic heterocycles. The maximum atomic E-state index is 12.7. The first-order valence-electron chi connectivity index (χ1n) is 10.6. The summed E-state index contributed by atoms with van der Waals surface area (Å²) < 4.78 is 39.3. The number of fused-ring (bicyclic) bond motifs is 1. The Hall–Kier alpha value is -2.39. The van der Waals surface area contributed by atoms with Crippen LogP contribution in [0.25, 0.3) is 10.4 Å². The Balaban J connectivity index is 1.30. The smallest absolute Gasteiger partial charge is 0.250 e. The third-order valence-electron chi connectivity index (χ3n) is 5.64. The molecule has 1 aliphatic heterocycles. The van der Waals surface area contributed by atoms with Gasteiger partial charge in [-0.1, -0.05) is 30.3 Å². The van der Waals surface area contributed by atoms with Crippen LogP contribution < -0.4 is 14.2 Å². The monoisotopic (exact) mass is 472 g/mol. The van der Waals surface area contributed by atoms with Gasteiger partial charge in [-0.15, -0.1) is 11.3 Å². The van der Waals surface area contributed by atoms with Gasteiger partial charge in [0.05, 0.1) is 14.2 Å². The molecule has 6 nitrogen and oxygen atoms in total. The third kappa shape index (κ3) is 5.15. The Morgan fingerprint density at radius 2 is 1.72 bits per heavy atom. The van der Waals surface area contributed by atoms with Crippen molar-refractivity contribution >= 4 is 21.4 Å². The second-order valence-electron chi connectivity index (χ2n) is 7.74. The molecule has 1 aliphatic rings. The van der Waals surface area contributed by atoms with Gasteiger partial charge in [-0.3, -0.25) is 4.90 Å². The first-order valence-corrected chi connectivity index (χ1v) is 12.9. The van der Waals surface area contributed by atoms with Crippen molar-refractivity contribution < 1.29 is 17.9 Å². The van der Waals surface area contributed by atoms with Crippen LogP contribution in [0.2, 0.25) is 0 Å². The van der Waals surface area contributed by atoms with E-state index in [0.717, 1.165) is 54.4 Å². The molecule has 0 saturated heterocycles. The number of nitrogens with zero attached hydrogens (tertiary/aromatic N) is 1. The van der Waals surface area contributed by atoms with Crippen LogP contribution >= 0.6 is 11.3 Å². The molecule has 0 saturated carbocycles. The summed E-state index contributed by atoms with van der Waals surface area (Å²) in [6.45, 7) is 3.01. The molecule has 0 fully saturated rings. The molecular weight excluding hydrogens is 444 g/mol. The lowest BCUT2D eigenvalue weighted by Gasteiger charge is -2.29. The van der Waals surface area contributed by atoms with Crippen molar-refractivity contribution in [3.8, 4) is 21.9 Å². The second-order valence-corrected chi connectivity index (χ2v) is 10.8. The van der Waals surface area contributed by atoms with E-state index >= 15 is 0 Å². The molecule has 0 atom stereocenters. The number of nitrogens with one attached hydrogen (secondary N) is 1. The zero-order valence-electron chi connectivity index (χ0n) is 18.3. The van der Waals surface area contributed by atoms with E-state index < -0.39 is 10.0 Å². The number of sulfonamides is 1. The van der Waals surface area contributed by atoms with Gasteiger partial charge in [0.1, 0.15) is 4.21 Å². The van der Waals surface area contributed by atoms with Crippen LogP contribution in [0.5, 0.6) is 11.5 Å². The topological polar surface area (TPSA) is 67.9 Å². The summed E-state index contributed by atoms with van der Waals surface area (Å²) in [7, 11) is -0.198. The van der Waals surface area contributed by atoms with Crippen LogP contribution in [0.3, 0.4) is 0 Å². The summed E-state index contributed by atoms with van der Waals surface area (Å²) >= 11 is 1.29. The largest absolute Gasteiger partial charge is 0.493 e. The Kier molecular flexibility index (Phi) is 7.15. The molecule has 0 bridgehead atoms. The molecule has 2 aromatic carbocycles. The standard InChI is InChI=1S/C24H28N2O4S2/c1-29-21-15-19-11-14-26(17-20(19)16-22(21)30-2)13-6-12-25-32(27,28)24-10-9-23(31-24)18-7-4-3-5-8-18/h3-5,7-10,15-16,25H,6,11-14,17H2,1-2H3. The van der Waals surface area contributed by atoms with Gasteiger partial charge in [0.25, 0.3) is 0 Å². The lowest BCUT2D eigenvalue weighted by molar-refractivity contribution is 0.250. The maximum Gasteiger partial charge on any atom is 0.250 e. The average Bonchev–Trinajstić information content (AvgIpc) is 3.33. The van der Waals surface area contributed by atoms with Crippen LogP contribution in [0.15, 0.2) is 58.8 Å². The van der Waals surface area contributed by atoms with Crippen LogP contribution in [-0.2, 0) is 23.0 Å². The lowest BCUT2D eigenvalue weighted by atomic mass is 9.98. The number of hydrogen-bond donors (Lipinski definition) is 1. The van der Waals surface area contributed by atoms with Gasteiger partial charge < -0.3 is 9.47 Å². The van der Waals surface area contributed by atoms with Crippen molar-refractivity contribution in [2.45, 2.75) is 23.6 Å². The predicted molar refractivity (Wildman–Crippen MR) is 128 cm³/mol. The second kappa shape index (κ2) is 10.0. The number of ether oxygens (including phenoxy) is 2. The number of benzene rings is 2. The molecule has 0 radical (unpaired) electrons. The average molecular weight is 473 g/mol. The summed E-state index contributed by atoms with van der Waals surface area (Å²) in [6, 6.07) is 17.5. The van der Waals surface area contributed by atoms with Crippen molar-refractivity contribution in [3.05, 3.63) is 65.7 Å². The molecule has 4 rings (SSSR count). The molecule has 8 heteroatoms. The molecule has 3 aromatic rings. The zero-order chi connectivity index (χ0) is 22.6. The Morgan fingerprint density at radius 3 is 2.44 bits per heavy atom. The van der Waals surface area contributed by atoms with Crippen LogP contribution in [-0.4, -0.2) is 47.2 Å².